The van der Waals surface area contributed by atoms with Gasteiger partial charge < -0.3 is 32.1 Å². The van der Waals surface area contributed by atoms with E-state index in [0.29, 0.717) is 37.3 Å². The summed E-state index contributed by atoms with van der Waals surface area (Å²) in [4.78, 5) is 73.7. The molecule has 1 aliphatic heterocycles. The summed E-state index contributed by atoms with van der Waals surface area (Å²) < 4.78 is 0. The molecule has 2 atom stereocenters. The first-order chi connectivity index (χ1) is 20.0. The van der Waals surface area contributed by atoms with Crippen LogP contribution in [-0.2, 0) is 30.4 Å². The number of primary amides is 1. The summed E-state index contributed by atoms with van der Waals surface area (Å²) in [5, 5.41) is 20.0. The first-order valence-corrected chi connectivity index (χ1v) is 14.2. The van der Waals surface area contributed by atoms with E-state index in [1.807, 2.05) is 12.1 Å². The fourth-order valence-corrected chi connectivity index (χ4v) is 4.33. The molecule has 13 nitrogen and oxygen atoms in total. The maximum atomic E-state index is 13.1. The number of urea groups is 1. The van der Waals surface area contributed by atoms with Crippen molar-refractivity contribution in [3.05, 3.63) is 42.0 Å². The topological polar surface area (TPSA) is 200 Å². The molecule has 1 aromatic carbocycles. The predicted molar refractivity (Wildman–Crippen MR) is 156 cm³/mol. The smallest absolute Gasteiger partial charge is 0.312 e. The maximum Gasteiger partial charge on any atom is 0.312 e. The van der Waals surface area contributed by atoms with Crippen molar-refractivity contribution >= 4 is 41.3 Å². The Morgan fingerprint density at radius 2 is 1.55 bits per heavy atom. The summed E-state index contributed by atoms with van der Waals surface area (Å²) in [7, 11) is 0. The quantitative estimate of drug-likeness (QED) is 0.107. The lowest BCUT2D eigenvalue weighted by atomic mass is 10.0. The molecular formula is C29H42N6O7. The van der Waals surface area contributed by atoms with Gasteiger partial charge in [-0.05, 0) is 55.7 Å². The fourth-order valence-electron chi connectivity index (χ4n) is 4.33. The molecule has 0 radical (unpaired) electrons. The fraction of sp³-hybridized carbons (Fsp3) is 0.517. The van der Waals surface area contributed by atoms with Crippen LogP contribution in [0.1, 0.15) is 57.9 Å². The zero-order valence-electron chi connectivity index (χ0n) is 24.2. The van der Waals surface area contributed by atoms with Crippen molar-refractivity contribution in [2.45, 2.75) is 70.9 Å². The summed E-state index contributed by atoms with van der Waals surface area (Å²) in [5.74, 6) is -1.93. The Kier molecular flexibility index (Phi) is 14.2. The van der Waals surface area contributed by atoms with E-state index in [1.165, 1.54) is 12.2 Å². The molecule has 0 aromatic heterocycles. The number of unbranched alkanes of at least 4 members (excludes halogenated alkanes) is 2. The summed E-state index contributed by atoms with van der Waals surface area (Å²) in [6.07, 6.45) is 5.43. The largest absolute Gasteiger partial charge is 0.394 e. The summed E-state index contributed by atoms with van der Waals surface area (Å²) in [6.45, 7) is 3.99. The molecule has 7 N–H and O–H groups in total. The predicted octanol–water partition coefficient (Wildman–Crippen LogP) is 0.719. The van der Waals surface area contributed by atoms with Crippen LogP contribution in [0.5, 0.6) is 0 Å². The van der Waals surface area contributed by atoms with Crippen molar-refractivity contribution in [1.82, 2.24) is 20.9 Å². The molecule has 0 saturated carbocycles. The van der Waals surface area contributed by atoms with E-state index < -0.39 is 42.4 Å². The van der Waals surface area contributed by atoms with Crippen molar-refractivity contribution < 1.29 is 33.9 Å². The SMILES string of the molecule is CC(C)Cc1ccc(NC(=O)[C@H](CCCNC(N)=O)NC(=O)[C@H](CO)NC(=O)CCCCCN2C(=O)C=CC2=O)cc1. The van der Waals surface area contributed by atoms with Crippen molar-refractivity contribution in [3.63, 3.8) is 0 Å². The first kappa shape index (κ1) is 33.9. The first-order valence-electron chi connectivity index (χ1n) is 14.2. The van der Waals surface area contributed by atoms with Gasteiger partial charge in [0.2, 0.25) is 17.7 Å². The number of carbonyl (C=O) groups excluding carboxylic acids is 6. The zero-order valence-corrected chi connectivity index (χ0v) is 24.2. The van der Waals surface area contributed by atoms with Crippen LogP contribution in [-0.4, -0.2) is 77.4 Å². The number of aliphatic hydroxyl groups excluding tert-OH is 1. The lowest BCUT2D eigenvalue weighted by Crippen LogP contribution is -2.54. The third-order valence-electron chi connectivity index (χ3n) is 6.49. The minimum Gasteiger partial charge on any atom is -0.394 e. The second-order valence-electron chi connectivity index (χ2n) is 10.6. The van der Waals surface area contributed by atoms with Gasteiger partial charge in [-0.2, -0.15) is 0 Å². The normalized spacial score (nSPS) is 14.0. The van der Waals surface area contributed by atoms with Crippen LogP contribution in [0.25, 0.3) is 0 Å². The molecule has 42 heavy (non-hydrogen) atoms. The van der Waals surface area contributed by atoms with E-state index in [4.69, 9.17) is 5.73 Å². The van der Waals surface area contributed by atoms with Crippen molar-refractivity contribution in [1.29, 1.82) is 0 Å². The van der Waals surface area contributed by atoms with Gasteiger partial charge in [0, 0.05) is 37.3 Å². The molecule has 13 heteroatoms. The highest BCUT2D eigenvalue weighted by Gasteiger charge is 2.27. The number of amides is 7. The Morgan fingerprint density at radius 1 is 0.881 bits per heavy atom. The van der Waals surface area contributed by atoms with Gasteiger partial charge in [-0.1, -0.05) is 32.4 Å². The number of hydrogen-bond donors (Lipinski definition) is 6. The molecular weight excluding hydrogens is 544 g/mol. The Balaban J connectivity index is 1.88. The zero-order chi connectivity index (χ0) is 31.1. The van der Waals surface area contributed by atoms with Crippen molar-refractivity contribution in [3.8, 4) is 0 Å². The van der Waals surface area contributed by atoms with Gasteiger partial charge in [0.15, 0.2) is 0 Å². The third kappa shape index (κ3) is 12.1. The van der Waals surface area contributed by atoms with Gasteiger partial charge in [0.25, 0.3) is 11.8 Å². The van der Waals surface area contributed by atoms with Crippen LogP contribution >= 0.6 is 0 Å². The summed E-state index contributed by atoms with van der Waals surface area (Å²) >= 11 is 0. The number of nitrogens with two attached hydrogens (primary N) is 1. The Hall–Kier alpha value is -4.26. The standard InChI is InChI=1S/C29H42N6O7/c1-19(2)17-20-9-11-21(12-10-20)32-27(40)22(7-6-15-31-29(30)42)34-28(41)23(18-36)33-24(37)8-4-3-5-16-35-25(38)13-14-26(35)39/h9-14,19,22-23,36H,3-8,15-18H2,1-2H3,(H,32,40)(H,33,37)(H,34,41)(H3,30,31,42)/t22-,23-/m0/s1. The highest BCUT2D eigenvalue weighted by Crippen LogP contribution is 2.14. The number of carbonyl (C=O) groups is 6. The number of rotatable bonds is 18. The maximum absolute atomic E-state index is 13.1. The molecule has 0 fully saturated rings. The van der Waals surface area contributed by atoms with E-state index >= 15 is 0 Å². The number of anilines is 1. The van der Waals surface area contributed by atoms with Crippen LogP contribution < -0.4 is 27.0 Å². The summed E-state index contributed by atoms with van der Waals surface area (Å²) in [6, 6.07) is 4.38. The molecule has 230 valence electrons. The molecule has 0 aliphatic carbocycles. The van der Waals surface area contributed by atoms with Gasteiger partial charge >= 0.3 is 6.03 Å². The molecule has 0 saturated heterocycles. The van der Waals surface area contributed by atoms with Crippen LogP contribution in [0.15, 0.2) is 36.4 Å². The van der Waals surface area contributed by atoms with Crippen LogP contribution in [0.4, 0.5) is 10.5 Å². The molecule has 0 unspecified atom stereocenters. The van der Waals surface area contributed by atoms with E-state index in [-0.39, 0.29) is 37.7 Å². The molecule has 0 spiro atoms. The minimum atomic E-state index is -1.28. The van der Waals surface area contributed by atoms with Gasteiger partial charge in [-0.25, -0.2) is 4.79 Å². The third-order valence-corrected chi connectivity index (χ3v) is 6.49. The number of aliphatic hydroxyl groups is 1. The van der Waals surface area contributed by atoms with Gasteiger partial charge in [-0.15, -0.1) is 0 Å². The van der Waals surface area contributed by atoms with E-state index in [9.17, 15) is 33.9 Å². The molecule has 1 aromatic rings. The number of nitrogens with one attached hydrogen (secondary N) is 4. The monoisotopic (exact) mass is 586 g/mol. The second-order valence-corrected chi connectivity index (χ2v) is 10.6. The van der Waals surface area contributed by atoms with Gasteiger partial charge in [0.05, 0.1) is 6.61 Å². The Labute approximate surface area is 245 Å². The van der Waals surface area contributed by atoms with E-state index in [0.717, 1.165) is 16.9 Å². The number of hydrogen-bond acceptors (Lipinski definition) is 7. The lowest BCUT2D eigenvalue weighted by Gasteiger charge is -2.22. The minimum absolute atomic E-state index is 0.0689. The molecule has 2 rings (SSSR count). The highest BCUT2D eigenvalue weighted by atomic mass is 16.3. The van der Waals surface area contributed by atoms with Crippen LogP contribution in [0.3, 0.4) is 0 Å². The van der Waals surface area contributed by atoms with Crippen LogP contribution in [0.2, 0.25) is 0 Å². The average Bonchev–Trinajstić information content (AvgIpc) is 3.25. The number of imide groups is 1. The van der Waals surface area contributed by atoms with E-state index in [2.05, 4.69) is 35.1 Å². The number of benzene rings is 1. The Morgan fingerprint density at radius 3 is 2.14 bits per heavy atom. The lowest BCUT2D eigenvalue weighted by molar-refractivity contribution is -0.137. The average molecular weight is 587 g/mol. The van der Waals surface area contributed by atoms with E-state index in [1.54, 1.807) is 12.1 Å². The van der Waals surface area contributed by atoms with Crippen molar-refractivity contribution in [2.75, 3.05) is 25.0 Å². The second kappa shape index (κ2) is 17.5. The molecule has 0 bridgehead atoms. The van der Waals surface area contributed by atoms with Crippen LogP contribution in [0, 0.1) is 5.92 Å². The Bertz CT molecular complexity index is 1120. The van der Waals surface area contributed by atoms with Crippen molar-refractivity contribution in [2.24, 2.45) is 11.7 Å². The highest BCUT2D eigenvalue weighted by molar-refractivity contribution is 6.12. The molecule has 7 amide bonds. The molecule has 1 aliphatic rings. The van der Waals surface area contributed by atoms with Gasteiger partial charge in [-0.3, -0.25) is 28.9 Å². The van der Waals surface area contributed by atoms with Gasteiger partial charge in [0.1, 0.15) is 12.1 Å². The summed E-state index contributed by atoms with van der Waals surface area (Å²) in [5.41, 5.74) is 6.76. The molecule has 1 heterocycles. The number of nitrogens with zero attached hydrogens (tertiary/aromatic N) is 1.